The zero-order valence-electron chi connectivity index (χ0n) is 12.9. The summed E-state index contributed by atoms with van der Waals surface area (Å²) < 4.78 is 26.5. The summed E-state index contributed by atoms with van der Waals surface area (Å²) in [6, 6.07) is -0.00706. The number of nitrogens with one attached hydrogen (secondary N) is 1. The summed E-state index contributed by atoms with van der Waals surface area (Å²) in [5.41, 5.74) is 0.978. The molecule has 122 valence electrons. The topological polar surface area (TPSA) is 81.1 Å². The zero-order valence-corrected chi connectivity index (χ0v) is 13.7. The summed E-state index contributed by atoms with van der Waals surface area (Å²) in [5, 5.41) is 2.57. The fourth-order valence-corrected chi connectivity index (χ4v) is 5.26. The van der Waals surface area contributed by atoms with E-state index in [1.807, 2.05) is 13.1 Å². The van der Waals surface area contributed by atoms with Crippen LogP contribution in [0, 0.1) is 6.92 Å². The SMILES string of the molecule is Cc1cn2c(n1)CCC(NC(=O)CS(=O)(=O)C1CCCC1)C2. The second-order valence-corrected chi connectivity index (χ2v) is 8.75. The number of hydrogen-bond donors (Lipinski definition) is 1. The largest absolute Gasteiger partial charge is 0.351 e. The predicted molar refractivity (Wildman–Crippen MR) is 83.3 cm³/mol. The van der Waals surface area contributed by atoms with Crippen molar-refractivity contribution < 1.29 is 13.2 Å². The van der Waals surface area contributed by atoms with E-state index in [1.165, 1.54) is 0 Å². The summed E-state index contributed by atoms with van der Waals surface area (Å²) >= 11 is 0. The van der Waals surface area contributed by atoms with Gasteiger partial charge < -0.3 is 9.88 Å². The lowest BCUT2D eigenvalue weighted by molar-refractivity contribution is -0.119. The minimum absolute atomic E-state index is 0.00706. The van der Waals surface area contributed by atoms with Crippen molar-refractivity contribution in [3.63, 3.8) is 0 Å². The summed E-state index contributed by atoms with van der Waals surface area (Å²) in [7, 11) is -3.30. The molecule has 2 heterocycles. The molecular formula is C15H23N3O3S. The van der Waals surface area contributed by atoms with Gasteiger partial charge in [-0.25, -0.2) is 13.4 Å². The molecule has 1 unspecified atom stereocenters. The molecule has 1 aliphatic heterocycles. The maximum absolute atomic E-state index is 12.2. The molecule has 0 saturated heterocycles. The van der Waals surface area contributed by atoms with Crippen LogP contribution in [0.15, 0.2) is 6.20 Å². The molecule has 7 heteroatoms. The third-order valence-corrected chi connectivity index (χ3v) is 6.77. The molecule has 0 spiro atoms. The highest BCUT2D eigenvalue weighted by atomic mass is 32.2. The molecule has 6 nitrogen and oxygen atoms in total. The smallest absolute Gasteiger partial charge is 0.235 e. The van der Waals surface area contributed by atoms with E-state index in [9.17, 15) is 13.2 Å². The van der Waals surface area contributed by atoms with Gasteiger partial charge in [0.15, 0.2) is 9.84 Å². The van der Waals surface area contributed by atoms with Gasteiger partial charge in [0.05, 0.1) is 10.9 Å². The average molecular weight is 325 g/mol. The normalized spacial score (nSPS) is 22.5. The number of carbonyl (C=O) groups is 1. The first-order valence-corrected chi connectivity index (χ1v) is 9.69. The van der Waals surface area contributed by atoms with E-state index < -0.39 is 9.84 Å². The third-order valence-electron chi connectivity index (χ3n) is 4.62. The van der Waals surface area contributed by atoms with Crippen LogP contribution < -0.4 is 5.32 Å². The maximum Gasteiger partial charge on any atom is 0.235 e. The number of imidazole rings is 1. The Hall–Kier alpha value is -1.37. The number of rotatable bonds is 4. The molecule has 1 N–H and O–H groups in total. The molecule has 0 aromatic carbocycles. The molecule has 1 aliphatic carbocycles. The fourth-order valence-electron chi connectivity index (χ4n) is 3.52. The Morgan fingerprint density at radius 1 is 1.36 bits per heavy atom. The fraction of sp³-hybridized carbons (Fsp3) is 0.733. The van der Waals surface area contributed by atoms with Crippen LogP contribution in [0.5, 0.6) is 0 Å². The van der Waals surface area contributed by atoms with Crippen molar-refractivity contribution in [2.45, 2.75) is 63.3 Å². The minimum atomic E-state index is -3.30. The highest BCUT2D eigenvalue weighted by Crippen LogP contribution is 2.25. The van der Waals surface area contributed by atoms with Gasteiger partial charge in [-0.1, -0.05) is 12.8 Å². The third kappa shape index (κ3) is 3.34. The first-order valence-electron chi connectivity index (χ1n) is 7.97. The van der Waals surface area contributed by atoms with Gasteiger partial charge in [-0.05, 0) is 26.2 Å². The molecule has 1 aromatic heterocycles. The molecule has 1 amide bonds. The Bertz CT molecular complexity index is 660. The van der Waals surface area contributed by atoms with E-state index in [1.54, 1.807) is 0 Å². The van der Waals surface area contributed by atoms with Crippen molar-refractivity contribution in [2.24, 2.45) is 0 Å². The summed E-state index contributed by atoms with van der Waals surface area (Å²) in [4.78, 5) is 16.5. The highest BCUT2D eigenvalue weighted by Gasteiger charge is 2.31. The van der Waals surface area contributed by atoms with Gasteiger partial charge in [0.25, 0.3) is 0 Å². The van der Waals surface area contributed by atoms with Crippen LogP contribution in [0.3, 0.4) is 0 Å². The van der Waals surface area contributed by atoms with Crippen LogP contribution in [0.4, 0.5) is 0 Å². The van der Waals surface area contributed by atoms with Gasteiger partial charge in [0, 0.05) is 25.2 Å². The predicted octanol–water partition coefficient (Wildman–Crippen LogP) is 0.980. The van der Waals surface area contributed by atoms with E-state index in [0.717, 1.165) is 37.2 Å². The van der Waals surface area contributed by atoms with Gasteiger partial charge in [0.1, 0.15) is 11.6 Å². The first kappa shape index (κ1) is 15.5. The molecule has 1 aromatic rings. The highest BCUT2D eigenvalue weighted by molar-refractivity contribution is 7.92. The monoisotopic (exact) mass is 325 g/mol. The Morgan fingerprint density at radius 3 is 2.82 bits per heavy atom. The van der Waals surface area contributed by atoms with Crippen molar-refractivity contribution in [1.82, 2.24) is 14.9 Å². The lowest BCUT2D eigenvalue weighted by Gasteiger charge is -2.25. The number of hydrogen-bond acceptors (Lipinski definition) is 4. The molecule has 2 aliphatic rings. The van der Waals surface area contributed by atoms with E-state index in [0.29, 0.717) is 19.4 Å². The van der Waals surface area contributed by atoms with Gasteiger partial charge in [0.2, 0.25) is 5.91 Å². The van der Waals surface area contributed by atoms with Crippen LogP contribution in [0.25, 0.3) is 0 Å². The summed E-state index contributed by atoms with van der Waals surface area (Å²) in [6.45, 7) is 2.62. The second kappa shape index (κ2) is 6.02. The van der Waals surface area contributed by atoms with Crippen LogP contribution in [0.1, 0.15) is 43.6 Å². The van der Waals surface area contributed by atoms with Crippen LogP contribution >= 0.6 is 0 Å². The number of amides is 1. The molecule has 22 heavy (non-hydrogen) atoms. The number of aromatic nitrogens is 2. The number of sulfone groups is 1. The lowest BCUT2D eigenvalue weighted by atomic mass is 10.1. The van der Waals surface area contributed by atoms with Crippen molar-refractivity contribution in [1.29, 1.82) is 0 Å². The number of aryl methyl sites for hydroxylation is 2. The number of fused-ring (bicyclic) bond motifs is 1. The molecular weight excluding hydrogens is 302 g/mol. The van der Waals surface area contributed by atoms with E-state index in [-0.39, 0.29) is 23.0 Å². The molecule has 1 fully saturated rings. The van der Waals surface area contributed by atoms with Gasteiger partial charge in [-0.3, -0.25) is 4.79 Å². The maximum atomic E-state index is 12.2. The second-order valence-electron chi connectivity index (χ2n) is 6.47. The number of carbonyl (C=O) groups excluding carboxylic acids is 1. The number of nitrogens with zero attached hydrogens (tertiary/aromatic N) is 2. The molecule has 0 radical (unpaired) electrons. The Morgan fingerprint density at radius 2 is 2.09 bits per heavy atom. The van der Waals surface area contributed by atoms with E-state index in [2.05, 4.69) is 14.9 Å². The zero-order chi connectivity index (χ0) is 15.7. The van der Waals surface area contributed by atoms with Gasteiger partial charge in [-0.2, -0.15) is 0 Å². The molecule has 0 bridgehead atoms. The van der Waals surface area contributed by atoms with Gasteiger partial charge >= 0.3 is 0 Å². The summed E-state index contributed by atoms with van der Waals surface area (Å²) in [5.74, 6) is 0.308. The molecule has 3 rings (SSSR count). The van der Waals surface area contributed by atoms with Crippen LogP contribution in [-0.2, 0) is 27.6 Å². The van der Waals surface area contributed by atoms with E-state index >= 15 is 0 Å². The molecule has 1 atom stereocenters. The molecule has 1 saturated carbocycles. The van der Waals surface area contributed by atoms with Crippen molar-refractivity contribution in [3.8, 4) is 0 Å². The summed E-state index contributed by atoms with van der Waals surface area (Å²) in [6.07, 6.45) is 6.92. The lowest BCUT2D eigenvalue weighted by Crippen LogP contribution is -2.44. The van der Waals surface area contributed by atoms with E-state index in [4.69, 9.17) is 0 Å². The van der Waals surface area contributed by atoms with Gasteiger partial charge in [-0.15, -0.1) is 0 Å². The standard InChI is InChI=1S/C15H23N3O3S/c1-11-8-18-9-12(6-7-14(18)16-11)17-15(19)10-22(20,21)13-4-2-3-5-13/h8,12-13H,2-7,9-10H2,1H3,(H,17,19). The Balaban J connectivity index is 1.56. The van der Waals surface area contributed by atoms with Crippen molar-refractivity contribution in [2.75, 3.05) is 5.75 Å². The minimum Gasteiger partial charge on any atom is -0.351 e. The van der Waals surface area contributed by atoms with Crippen LogP contribution in [-0.4, -0.2) is 40.9 Å². The van der Waals surface area contributed by atoms with Crippen molar-refractivity contribution >= 4 is 15.7 Å². The average Bonchev–Trinajstić information content (AvgIpc) is 3.05. The quantitative estimate of drug-likeness (QED) is 0.895. The van der Waals surface area contributed by atoms with Crippen LogP contribution in [0.2, 0.25) is 0 Å². The van der Waals surface area contributed by atoms with Crippen molar-refractivity contribution in [3.05, 3.63) is 17.7 Å². The Kier molecular flexibility index (Phi) is 4.25. The first-order chi connectivity index (χ1) is 10.4. The Labute approximate surface area is 131 Å².